The third kappa shape index (κ3) is 8.31. The molecule has 1 fully saturated rings. The van der Waals surface area contributed by atoms with Gasteiger partial charge in [0.2, 0.25) is 21.9 Å². The average Bonchev–Trinajstić information content (AvgIpc) is 3.25. The average molecular weight is 492 g/mol. The van der Waals surface area contributed by atoms with Gasteiger partial charge in [-0.05, 0) is 69.1 Å². The number of rotatable bonds is 7. The number of sulfonamides is 1. The first-order valence-corrected chi connectivity index (χ1v) is 12.6. The molecule has 1 aromatic heterocycles. The van der Waals surface area contributed by atoms with Crippen LogP contribution in [-0.2, 0) is 21.2 Å². The highest BCUT2D eigenvalue weighted by molar-refractivity contribution is 7.89. The van der Waals surface area contributed by atoms with Gasteiger partial charge in [0, 0.05) is 31.1 Å². The fourth-order valence-electron chi connectivity index (χ4n) is 3.30. The lowest BCUT2D eigenvalue weighted by molar-refractivity contribution is 0.114. The quantitative estimate of drug-likeness (QED) is 0.257. The van der Waals surface area contributed by atoms with E-state index in [4.69, 9.17) is 22.1 Å². The second-order valence-corrected chi connectivity index (χ2v) is 9.71. The van der Waals surface area contributed by atoms with Crippen molar-refractivity contribution in [2.45, 2.75) is 44.1 Å². The van der Waals surface area contributed by atoms with Gasteiger partial charge in [0.05, 0.1) is 11.0 Å². The first-order valence-electron chi connectivity index (χ1n) is 10.6. The van der Waals surface area contributed by atoms with E-state index >= 15 is 0 Å². The lowest BCUT2D eigenvalue weighted by Gasteiger charge is -2.16. The van der Waals surface area contributed by atoms with Crippen molar-refractivity contribution in [1.29, 1.82) is 0 Å². The molecule has 0 aliphatic carbocycles. The molecule has 33 heavy (non-hydrogen) atoms. The van der Waals surface area contributed by atoms with Crippen LogP contribution in [0.5, 0.6) is 0 Å². The third-order valence-corrected chi connectivity index (χ3v) is 6.06. The van der Waals surface area contributed by atoms with Crippen LogP contribution in [0, 0.1) is 13.8 Å². The van der Waals surface area contributed by atoms with E-state index in [1.807, 2.05) is 19.9 Å². The van der Waals surface area contributed by atoms with Crippen LogP contribution in [-0.4, -0.2) is 55.3 Å². The maximum Gasteiger partial charge on any atom is 0.238 e. The molecular formula is C21H29N7O3S2. The highest BCUT2D eigenvalue weighted by Gasteiger charge is 2.16. The van der Waals surface area contributed by atoms with Crippen molar-refractivity contribution in [3.63, 3.8) is 0 Å². The maximum atomic E-state index is 11.4. The van der Waals surface area contributed by atoms with Crippen molar-refractivity contribution in [1.82, 2.24) is 20.6 Å². The molecule has 5 N–H and O–H groups in total. The van der Waals surface area contributed by atoms with Gasteiger partial charge < -0.3 is 15.4 Å². The fourth-order valence-corrected chi connectivity index (χ4v) is 4.00. The first-order chi connectivity index (χ1) is 15.7. The second kappa shape index (κ2) is 11.5. The van der Waals surface area contributed by atoms with E-state index in [1.54, 1.807) is 12.1 Å². The van der Waals surface area contributed by atoms with Crippen molar-refractivity contribution in [3.8, 4) is 0 Å². The number of benzene rings is 1. The lowest BCUT2D eigenvalue weighted by Crippen LogP contribution is -2.45. The maximum absolute atomic E-state index is 11.4. The number of nitrogens with one attached hydrogen (secondary N) is 3. The summed E-state index contributed by atoms with van der Waals surface area (Å²) in [7, 11) is -3.71. The monoisotopic (exact) mass is 491 g/mol. The Morgan fingerprint density at radius 1 is 1.24 bits per heavy atom. The van der Waals surface area contributed by atoms with E-state index in [0.717, 1.165) is 36.4 Å². The molecule has 0 bridgehead atoms. The summed E-state index contributed by atoms with van der Waals surface area (Å²) >= 11 is 5.42. The van der Waals surface area contributed by atoms with E-state index in [2.05, 4.69) is 30.9 Å². The minimum Gasteiger partial charge on any atom is -0.376 e. The number of aryl methyl sites for hydroxylation is 2. The Morgan fingerprint density at radius 3 is 2.55 bits per heavy atom. The Hall–Kier alpha value is -2.67. The van der Waals surface area contributed by atoms with Crippen LogP contribution < -0.4 is 21.1 Å². The summed E-state index contributed by atoms with van der Waals surface area (Å²) in [5, 5.41) is 14.9. The van der Waals surface area contributed by atoms with Crippen molar-refractivity contribution in [3.05, 3.63) is 47.3 Å². The Balaban J connectivity index is 1.65. The SMILES string of the molecule is Cc1cc(C)nc(NC(=NCCc2ccc(S(N)(=O)=O)cc2)NC(=S)NCC2CCCO2)n1. The molecule has 1 saturated heterocycles. The van der Waals surface area contributed by atoms with E-state index in [9.17, 15) is 8.42 Å². The number of hydrogen-bond acceptors (Lipinski definition) is 7. The molecule has 10 nitrogen and oxygen atoms in total. The minimum atomic E-state index is -3.71. The molecule has 0 amide bonds. The molecule has 2 aromatic rings. The molecule has 1 unspecified atom stereocenters. The number of thiocarbonyl (C=S) groups is 1. The van der Waals surface area contributed by atoms with E-state index in [0.29, 0.717) is 36.5 Å². The van der Waals surface area contributed by atoms with Crippen LogP contribution in [0.1, 0.15) is 29.8 Å². The summed E-state index contributed by atoms with van der Waals surface area (Å²) in [5.41, 5.74) is 2.59. The molecule has 1 aromatic carbocycles. The molecule has 0 radical (unpaired) electrons. The van der Waals surface area contributed by atoms with Gasteiger partial charge in [-0.1, -0.05) is 12.1 Å². The van der Waals surface area contributed by atoms with Gasteiger partial charge in [0.1, 0.15) is 0 Å². The van der Waals surface area contributed by atoms with Gasteiger partial charge >= 0.3 is 0 Å². The van der Waals surface area contributed by atoms with Crippen LogP contribution in [0.2, 0.25) is 0 Å². The second-order valence-electron chi connectivity index (χ2n) is 7.74. The van der Waals surface area contributed by atoms with Crippen LogP contribution >= 0.6 is 12.2 Å². The fraction of sp³-hybridized carbons (Fsp3) is 0.429. The summed E-state index contributed by atoms with van der Waals surface area (Å²) in [4.78, 5) is 13.4. The minimum absolute atomic E-state index is 0.0772. The number of guanidine groups is 1. The van der Waals surface area contributed by atoms with E-state index in [1.165, 1.54) is 12.1 Å². The summed E-state index contributed by atoms with van der Waals surface area (Å²) in [6, 6.07) is 8.29. The van der Waals surface area contributed by atoms with E-state index < -0.39 is 10.0 Å². The van der Waals surface area contributed by atoms with Gasteiger partial charge in [0.25, 0.3) is 0 Å². The molecule has 178 valence electrons. The predicted octanol–water partition coefficient (Wildman–Crippen LogP) is 1.39. The summed E-state index contributed by atoms with van der Waals surface area (Å²) in [5.74, 6) is 0.823. The number of ether oxygens (including phenoxy) is 1. The molecule has 3 rings (SSSR count). The third-order valence-electron chi connectivity index (χ3n) is 4.88. The van der Waals surface area contributed by atoms with Crippen LogP contribution in [0.4, 0.5) is 5.95 Å². The Morgan fingerprint density at radius 2 is 1.94 bits per heavy atom. The Kier molecular flexibility index (Phi) is 8.67. The van der Waals surface area contributed by atoms with Gasteiger partial charge in [-0.15, -0.1) is 0 Å². The number of aromatic nitrogens is 2. The highest BCUT2D eigenvalue weighted by Crippen LogP contribution is 2.11. The van der Waals surface area contributed by atoms with Crippen LogP contribution in [0.25, 0.3) is 0 Å². The summed E-state index contributed by atoms with van der Waals surface area (Å²) < 4.78 is 28.4. The highest BCUT2D eigenvalue weighted by atomic mass is 32.2. The van der Waals surface area contributed by atoms with Gasteiger partial charge in [-0.25, -0.2) is 23.5 Å². The number of anilines is 1. The largest absolute Gasteiger partial charge is 0.376 e. The number of aliphatic imine (C=N–C) groups is 1. The number of nitrogens with two attached hydrogens (primary N) is 1. The summed E-state index contributed by atoms with van der Waals surface area (Å²) in [6.07, 6.45) is 2.81. The van der Waals surface area contributed by atoms with Gasteiger partial charge in [0.15, 0.2) is 5.11 Å². The van der Waals surface area contributed by atoms with Crippen LogP contribution in [0.15, 0.2) is 40.2 Å². The molecule has 1 aliphatic rings. The molecular weight excluding hydrogens is 462 g/mol. The zero-order chi connectivity index (χ0) is 23.8. The zero-order valence-electron chi connectivity index (χ0n) is 18.7. The van der Waals surface area contributed by atoms with Crippen molar-refractivity contribution in [2.24, 2.45) is 10.1 Å². The van der Waals surface area contributed by atoms with E-state index in [-0.39, 0.29) is 11.0 Å². The van der Waals surface area contributed by atoms with Crippen molar-refractivity contribution in [2.75, 3.05) is 25.0 Å². The lowest BCUT2D eigenvalue weighted by atomic mass is 10.1. The topological polar surface area (TPSA) is 144 Å². The Bertz CT molecular complexity index is 1080. The molecule has 12 heteroatoms. The number of primary sulfonamides is 1. The van der Waals surface area contributed by atoms with Gasteiger partial charge in [-0.3, -0.25) is 10.3 Å². The zero-order valence-corrected chi connectivity index (χ0v) is 20.3. The van der Waals surface area contributed by atoms with Crippen molar-refractivity contribution >= 4 is 39.3 Å². The Labute approximate surface area is 199 Å². The van der Waals surface area contributed by atoms with Gasteiger partial charge in [-0.2, -0.15) is 0 Å². The number of hydrogen-bond donors (Lipinski definition) is 4. The summed E-state index contributed by atoms with van der Waals surface area (Å²) in [6.45, 7) is 5.61. The molecule has 1 aliphatic heterocycles. The predicted molar refractivity (Wildman–Crippen MR) is 132 cm³/mol. The molecule has 1 atom stereocenters. The molecule has 0 spiro atoms. The normalized spacial score (nSPS) is 16.5. The number of nitrogens with zero attached hydrogens (tertiary/aromatic N) is 3. The molecule has 2 heterocycles. The first kappa shape index (κ1) is 25.0. The van der Waals surface area contributed by atoms with Crippen LogP contribution in [0.3, 0.4) is 0 Å². The van der Waals surface area contributed by atoms with Crippen molar-refractivity contribution < 1.29 is 13.2 Å². The standard InChI is InChI=1S/C21H29N7O3S2/c1-14-12-15(2)26-20(25-14)27-19(28-21(32)24-13-17-4-3-11-31-17)23-10-9-16-5-7-18(8-6-16)33(22,29)30/h5-8,12,17H,3-4,9-11,13H2,1-2H3,(H2,22,29,30)(H3,23,24,25,26,27,28,32). The molecule has 0 saturated carbocycles. The smallest absolute Gasteiger partial charge is 0.238 e.